The van der Waals surface area contributed by atoms with Crippen molar-refractivity contribution in [1.82, 2.24) is 4.90 Å². The number of nitrogens with zero attached hydrogens (tertiary/aromatic N) is 1. The van der Waals surface area contributed by atoms with E-state index in [2.05, 4.69) is 5.32 Å². The molecule has 5 nitrogen and oxygen atoms in total. The van der Waals surface area contributed by atoms with Crippen LogP contribution in [0.4, 0.5) is 14.5 Å². The molecular formula is C22H25F2N3O2. The lowest BCUT2D eigenvalue weighted by atomic mass is 9.89. The van der Waals surface area contributed by atoms with Crippen molar-refractivity contribution < 1.29 is 18.4 Å². The van der Waals surface area contributed by atoms with E-state index in [1.54, 1.807) is 23.1 Å². The largest absolute Gasteiger partial charge is 0.334 e. The third kappa shape index (κ3) is 5.38. The second-order valence-electron chi connectivity index (χ2n) is 7.48. The molecule has 1 fully saturated rings. The summed E-state index contributed by atoms with van der Waals surface area (Å²) in [6.07, 6.45) is 3.89. The molecule has 7 heteroatoms. The maximum atomic E-state index is 13.4. The molecule has 1 aliphatic carbocycles. The lowest BCUT2D eigenvalue weighted by Gasteiger charge is -2.38. The van der Waals surface area contributed by atoms with Crippen molar-refractivity contribution in [1.29, 1.82) is 0 Å². The van der Waals surface area contributed by atoms with Crippen molar-refractivity contribution in [3.05, 3.63) is 65.2 Å². The van der Waals surface area contributed by atoms with Gasteiger partial charge in [-0.3, -0.25) is 9.59 Å². The minimum atomic E-state index is -0.815. The van der Waals surface area contributed by atoms with Crippen LogP contribution in [-0.4, -0.2) is 28.8 Å². The third-order valence-corrected chi connectivity index (χ3v) is 5.25. The monoisotopic (exact) mass is 401 g/mol. The van der Waals surface area contributed by atoms with Gasteiger partial charge in [0, 0.05) is 42.9 Å². The van der Waals surface area contributed by atoms with Crippen molar-refractivity contribution in [2.24, 2.45) is 5.73 Å². The second-order valence-corrected chi connectivity index (χ2v) is 7.48. The van der Waals surface area contributed by atoms with Crippen LogP contribution in [0.5, 0.6) is 0 Å². The van der Waals surface area contributed by atoms with Gasteiger partial charge in [-0.05, 0) is 42.7 Å². The molecular weight excluding hydrogens is 376 g/mol. The predicted molar refractivity (Wildman–Crippen MR) is 107 cm³/mol. The molecule has 0 radical (unpaired) electrons. The first-order valence-corrected chi connectivity index (χ1v) is 9.72. The number of hydrogen-bond acceptors (Lipinski definition) is 3. The molecule has 154 valence electrons. The van der Waals surface area contributed by atoms with E-state index in [1.165, 1.54) is 6.92 Å². The van der Waals surface area contributed by atoms with Gasteiger partial charge in [0.2, 0.25) is 5.91 Å². The van der Waals surface area contributed by atoms with Gasteiger partial charge >= 0.3 is 0 Å². The Hall–Kier alpha value is -2.80. The maximum absolute atomic E-state index is 13.4. The Morgan fingerprint density at radius 1 is 1.10 bits per heavy atom. The normalized spacial score (nSPS) is 18.9. The second kappa shape index (κ2) is 9.13. The van der Waals surface area contributed by atoms with Crippen LogP contribution in [0, 0.1) is 11.6 Å². The van der Waals surface area contributed by atoms with Gasteiger partial charge in [-0.1, -0.05) is 25.0 Å². The summed E-state index contributed by atoms with van der Waals surface area (Å²) in [6, 6.07) is 9.67. The molecule has 0 aliphatic heterocycles. The third-order valence-electron chi connectivity index (χ3n) is 5.25. The van der Waals surface area contributed by atoms with Gasteiger partial charge in [0.25, 0.3) is 5.91 Å². The molecule has 3 rings (SSSR count). The number of amides is 2. The van der Waals surface area contributed by atoms with E-state index < -0.39 is 17.5 Å². The number of rotatable bonds is 5. The zero-order chi connectivity index (χ0) is 21.0. The molecule has 0 heterocycles. The van der Waals surface area contributed by atoms with Crippen LogP contribution in [0.1, 0.15) is 48.5 Å². The first-order chi connectivity index (χ1) is 13.8. The van der Waals surface area contributed by atoms with Gasteiger partial charge in [0.05, 0.1) is 0 Å². The summed E-state index contributed by atoms with van der Waals surface area (Å²) >= 11 is 0. The lowest BCUT2D eigenvalue weighted by Crippen LogP contribution is -2.50. The fourth-order valence-electron chi connectivity index (χ4n) is 3.82. The molecule has 2 atom stereocenters. The number of anilines is 1. The van der Waals surface area contributed by atoms with Gasteiger partial charge in [-0.25, -0.2) is 8.78 Å². The quantitative estimate of drug-likeness (QED) is 0.799. The van der Waals surface area contributed by atoms with Gasteiger partial charge in [0.1, 0.15) is 11.6 Å². The molecule has 0 spiro atoms. The average molecular weight is 401 g/mol. The Morgan fingerprint density at radius 2 is 1.79 bits per heavy atom. The first kappa shape index (κ1) is 20.9. The van der Waals surface area contributed by atoms with Gasteiger partial charge in [0.15, 0.2) is 0 Å². The predicted octanol–water partition coefficient (Wildman–Crippen LogP) is 3.84. The van der Waals surface area contributed by atoms with Crippen molar-refractivity contribution >= 4 is 17.5 Å². The number of carbonyl (C=O) groups is 2. The Bertz CT molecular complexity index is 883. The Morgan fingerprint density at radius 3 is 2.45 bits per heavy atom. The van der Waals surface area contributed by atoms with Gasteiger partial charge in [-0.2, -0.15) is 0 Å². The highest BCUT2D eigenvalue weighted by atomic mass is 19.1. The highest BCUT2D eigenvalue weighted by Gasteiger charge is 2.29. The smallest absolute Gasteiger partial charge is 0.255 e. The molecule has 2 amide bonds. The van der Waals surface area contributed by atoms with Crippen LogP contribution in [0.2, 0.25) is 0 Å². The van der Waals surface area contributed by atoms with Crippen molar-refractivity contribution in [2.75, 3.05) is 5.32 Å². The minimum absolute atomic E-state index is 0.00485. The highest BCUT2D eigenvalue weighted by molar-refractivity contribution is 6.04. The summed E-state index contributed by atoms with van der Waals surface area (Å²) < 4.78 is 26.7. The molecule has 2 aromatic carbocycles. The zero-order valence-corrected chi connectivity index (χ0v) is 16.3. The van der Waals surface area contributed by atoms with Gasteiger partial charge < -0.3 is 16.0 Å². The molecule has 1 aliphatic rings. The standard InChI is InChI=1S/C22H25F2N3O2/c1-14(28)27(21-8-3-2-7-20(21)25)13-15-5-4-6-19(9-15)26-22(29)16-10-17(23)12-18(24)11-16/h4-6,9-12,20-21H,2-3,7-8,13,25H2,1H3,(H,26,29). The number of benzene rings is 2. The van der Waals surface area contributed by atoms with E-state index in [9.17, 15) is 18.4 Å². The summed E-state index contributed by atoms with van der Waals surface area (Å²) in [7, 11) is 0. The highest BCUT2D eigenvalue weighted by Crippen LogP contribution is 2.24. The summed E-state index contributed by atoms with van der Waals surface area (Å²) in [5.41, 5.74) is 7.45. The van der Waals surface area contributed by atoms with E-state index in [4.69, 9.17) is 5.73 Å². The van der Waals surface area contributed by atoms with Crippen LogP contribution in [-0.2, 0) is 11.3 Å². The Balaban J connectivity index is 1.74. The van der Waals surface area contributed by atoms with E-state index in [0.29, 0.717) is 18.3 Å². The number of carbonyl (C=O) groups excluding carboxylic acids is 2. The average Bonchev–Trinajstić information content (AvgIpc) is 2.66. The van der Waals surface area contributed by atoms with Crippen LogP contribution in [0.25, 0.3) is 0 Å². The fraction of sp³-hybridized carbons (Fsp3) is 0.364. The molecule has 0 saturated heterocycles. The van der Waals surface area contributed by atoms with E-state index >= 15 is 0 Å². The number of hydrogen-bond donors (Lipinski definition) is 2. The number of nitrogens with one attached hydrogen (secondary N) is 1. The summed E-state index contributed by atoms with van der Waals surface area (Å²) in [5, 5.41) is 2.64. The van der Waals surface area contributed by atoms with E-state index in [0.717, 1.165) is 43.4 Å². The molecule has 2 aromatic rings. The summed E-state index contributed by atoms with van der Waals surface area (Å²) in [4.78, 5) is 26.3. The zero-order valence-electron chi connectivity index (χ0n) is 16.3. The van der Waals surface area contributed by atoms with Crippen molar-refractivity contribution in [3.8, 4) is 0 Å². The van der Waals surface area contributed by atoms with Crippen LogP contribution in [0.15, 0.2) is 42.5 Å². The topological polar surface area (TPSA) is 75.4 Å². The van der Waals surface area contributed by atoms with Crippen molar-refractivity contribution in [3.63, 3.8) is 0 Å². The molecule has 2 unspecified atom stereocenters. The molecule has 1 saturated carbocycles. The first-order valence-electron chi connectivity index (χ1n) is 9.72. The molecule has 0 bridgehead atoms. The Labute approximate surface area is 168 Å². The molecule has 0 aromatic heterocycles. The van der Waals surface area contributed by atoms with Crippen LogP contribution >= 0.6 is 0 Å². The lowest BCUT2D eigenvalue weighted by molar-refractivity contribution is -0.133. The van der Waals surface area contributed by atoms with E-state index in [-0.39, 0.29) is 23.6 Å². The number of nitrogens with two attached hydrogens (primary N) is 1. The SMILES string of the molecule is CC(=O)N(Cc1cccc(NC(=O)c2cc(F)cc(F)c2)c1)C1CCCCC1N. The van der Waals surface area contributed by atoms with E-state index in [1.807, 2.05) is 6.07 Å². The maximum Gasteiger partial charge on any atom is 0.255 e. The van der Waals surface area contributed by atoms with Gasteiger partial charge in [-0.15, -0.1) is 0 Å². The molecule has 29 heavy (non-hydrogen) atoms. The minimum Gasteiger partial charge on any atom is -0.334 e. The Kier molecular flexibility index (Phi) is 6.59. The summed E-state index contributed by atoms with van der Waals surface area (Å²) in [5.74, 6) is -2.29. The summed E-state index contributed by atoms with van der Waals surface area (Å²) in [6.45, 7) is 1.91. The van der Waals surface area contributed by atoms with Crippen LogP contribution < -0.4 is 11.1 Å². The van der Waals surface area contributed by atoms with Crippen LogP contribution in [0.3, 0.4) is 0 Å². The fourth-order valence-corrected chi connectivity index (χ4v) is 3.82. The van der Waals surface area contributed by atoms with Crippen molar-refractivity contribution in [2.45, 2.75) is 51.2 Å². The number of halogens is 2. The molecule has 3 N–H and O–H groups in total.